The molecule has 1 heterocycles. The van der Waals surface area contributed by atoms with Gasteiger partial charge in [0.15, 0.2) is 11.5 Å². The summed E-state index contributed by atoms with van der Waals surface area (Å²) in [7, 11) is 0. The second kappa shape index (κ2) is 4.99. The third-order valence-corrected chi connectivity index (χ3v) is 3.65. The van der Waals surface area contributed by atoms with Crippen LogP contribution in [-0.2, 0) is 6.42 Å². The highest BCUT2D eigenvalue weighted by molar-refractivity contribution is 5.45. The maximum atomic E-state index is 12.9. The summed E-state index contributed by atoms with van der Waals surface area (Å²) in [5, 5.41) is 0. The molecule has 1 aromatic rings. The number of ether oxygens (including phenoxy) is 2. The van der Waals surface area contributed by atoms with Crippen molar-refractivity contribution in [2.75, 3.05) is 0 Å². The second-order valence-electron chi connectivity index (χ2n) is 5.80. The van der Waals surface area contributed by atoms with Crippen LogP contribution in [0.25, 0.3) is 0 Å². The first-order valence-electron chi connectivity index (χ1n) is 6.67. The van der Waals surface area contributed by atoms with Crippen molar-refractivity contribution >= 4 is 0 Å². The molecule has 0 saturated carbocycles. The van der Waals surface area contributed by atoms with Crippen molar-refractivity contribution < 1.29 is 18.3 Å². The molecule has 1 aliphatic heterocycles. The fraction of sp³-hybridized carbons (Fsp3) is 0.600. The minimum absolute atomic E-state index is 0.111. The van der Waals surface area contributed by atoms with Crippen molar-refractivity contribution in [3.05, 3.63) is 23.8 Å². The van der Waals surface area contributed by atoms with Crippen LogP contribution in [0.4, 0.5) is 8.78 Å². The van der Waals surface area contributed by atoms with Crippen molar-refractivity contribution in [1.82, 2.24) is 0 Å². The Hall–Kier alpha value is -1.32. The average Bonchev–Trinajstić information content (AvgIpc) is 2.57. The zero-order chi connectivity index (χ0) is 14.2. The molecular weight excluding hydrogens is 250 g/mol. The lowest BCUT2D eigenvalue weighted by atomic mass is 9.81. The molecule has 0 spiro atoms. The molecule has 2 nitrogen and oxygen atoms in total. The highest BCUT2D eigenvalue weighted by atomic mass is 19.3. The first-order valence-corrected chi connectivity index (χ1v) is 6.67. The van der Waals surface area contributed by atoms with Gasteiger partial charge >= 0.3 is 6.29 Å². The lowest BCUT2D eigenvalue weighted by Crippen LogP contribution is -2.25. The van der Waals surface area contributed by atoms with Crippen molar-refractivity contribution in [2.24, 2.45) is 17.8 Å². The Balaban J connectivity index is 2.16. The van der Waals surface area contributed by atoms with Crippen molar-refractivity contribution in [1.29, 1.82) is 0 Å². The van der Waals surface area contributed by atoms with E-state index in [1.165, 1.54) is 0 Å². The Labute approximate surface area is 112 Å². The van der Waals surface area contributed by atoms with Gasteiger partial charge < -0.3 is 9.47 Å². The Kier molecular flexibility index (Phi) is 3.70. The summed E-state index contributed by atoms with van der Waals surface area (Å²) in [6, 6.07) is 5.05. The van der Waals surface area contributed by atoms with E-state index in [0.717, 1.165) is 12.0 Å². The van der Waals surface area contributed by atoms with E-state index in [1.807, 2.05) is 6.07 Å². The van der Waals surface area contributed by atoms with E-state index < -0.39 is 6.29 Å². The predicted molar refractivity (Wildman–Crippen MR) is 69.5 cm³/mol. The normalized spacial score (nSPS) is 16.7. The zero-order valence-electron chi connectivity index (χ0n) is 11.7. The minimum Gasteiger partial charge on any atom is -0.395 e. The van der Waals surface area contributed by atoms with Crippen LogP contribution < -0.4 is 9.47 Å². The summed E-state index contributed by atoms with van der Waals surface area (Å²) in [5.41, 5.74) is 1.01. The molecule has 0 aliphatic carbocycles. The van der Waals surface area contributed by atoms with E-state index in [2.05, 4.69) is 37.2 Å². The zero-order valence-corrected chi connectivity index (χ0v) is 11.7. The molecule has 2 rings (SSSR count). The van der Waals surface area contributed by atoms with Gasteiger partial charge in [0.2, 0.25) is 0 Å². The van der Waals surface area contributed by atoms with E-state index in [4.69, 9.17) is 0 Å². The lowest BCUT2D eigenvalue weighted by Gasteiger charge is -2.24. The van der Waals surface area contributed by atoms with Crippen LogP contribution in [0, 0.1) is 17.8 Å². The van der Waals surface area contributed by atoms with Gasteiger partial charge in [-0.1, -0.05) is 33.8 Å². The number of fused-ring (bicyclic) bond motifs is 1. The summed E-state index contributed by atoms with van der Waals surface area (Å²) in [6.45, 7) is 8.75. The number of hydrogen-bond donors (Lipinski definition) is 0. The van der Waals surface area contributed by atoms with Crippen LogP contribution in [0.3, 0.4) is 0 Å². The maximum Gasteiger partial charge on any atom is 0.586 e. The third kappa shape index (κ3) is 3.17. The van der Waals surface area contributed by atoms with Gasteiger partial charge in [0.1, 0.15) is 0 Å². The molecule has 4 heteroatoms. The van der Waals surface area contributed by atoms with Crippen LogP contribution >= 0.6 is 0 Å². The smallest absolute Gasteiger partial charge is 0.395 e. The number of alkyl halides is 2. The minimum atomic E-state index is -3.53. The fourth-order valence-electron chi connectivity index (χ4n) is 2.63. The first kappa shape index (κ1) is 14.1. The molecule has 1 aliphatic rings. The van der Waals surface area contributed by atoms with Crippen LogP contribution in [0.15, 0.2) is 18.2 Å². The van der Waals surface area contributed by atoms with Gasteiger partial charge in [-0.15, -0.1) is 8.78 Å². The number of halogens is 2. The molecule has 1 aromatic carbocycles. The molecule has 0 bridgehead atoms. The van der Waals surface area contributed by atoms with Gasteiger partial charge in [0.05, 0.1) is 0 Å². The van der Waals surface area contributed by atoms with Gasteiger partial charge in [-0.25, -0.2) is 0 Å². The van der Waals surface area contributed by atoms with Crippen LogP contribution in [-0.4, -0.2) is 6.29 Å². The van der Waals surface area contributed by atoms with E-state index in [0.29, 0.717) is 17.8 Å². The number of rotatable bonds is 4. The fourth-order valence-corrected chi connectivity index (χ4v) is 2.63. The average molecular weight is 270 g/mol. The van der Waals surface area contributed by atoms with Gasteiger partial charge in [0.25, 0.3) is 0 Å². The molecule has 0 amide bonds. The van der Waals surface area contributed by atoms with Crippen LogP contribution in [0.5, 0.6) is 11.5 Å². The summed E-state index contributed by atoms with van der Waals surface area (Å²) in [5.74, 6) is 1.85. The first-order chi connectivity index (χ1) is 8.78. The van der Waals surface area contributed by atoms with Crippen LogP contribution in [0.2, 0.25) is 0 Å². The largest absolute Gasteiger partial charge is 0.586 e. The molecule has 0 radical (unpaired) electrons. The van der Waals surface area contributed by atoms with Gasteiger partial charge in [-0.2, -0.15) is 0 Å². The Morgan fingerprint density at radius 3 is 2.16 bits per heavy atom. The van der Waals surface area contributed by atoms with E-state index >= 15 is 0 Å². The molecule has 0 saturated heterocycles. The van der Waals surface area contributed by atoms with E-state index in [9.17, 15) is 8.78 Å². The molecule has 106 valence electrons. The number of benzene rings is 1. The standard InChI is InChI=1S/C15H20F2O2/c1-9(2)12(10(3)4)7-11-5-6-13-14(8-11)19-15(16,17)18-13/h5-6,8-10,12H,7H2,1-4H3. The Bertz CT molecular complexity index is 447. The predicted octanol–water partition coefficient (Wildman–Crippen LogP) is 4.48. The van der Waals surface area contributed by atoms with E-state index in [-0.39, 0.29) is 11.5 Å². The van der Waals surface area contributed by atoms with E-state index in [1.54, 1.807) is 12.1 Å². The van der Waals surface area contributed by atoms with Crippen molar-refractivity contribution in [2.45, 2.75) is 40.4 Å². The molecular formula is C15H20F2O2. The van der Waals surface area contributed by atoms with Crippen molar-refractivity contribution in [3.63, 3.8) is 0 Å². The molecule has 0 atom stereocenters. The Morgan fingerprint density at radius 2 is 1.58 bits per heavy atom. The monoisotopic (exact) mass is 270 g/mol. The number of hydrogen-bond acceptors (Lipinski definition) is 2. The molecule has 0 aromatic heterocycles. The third-order valence-electron chi connectivity index (χ3n) is 3.65. The molecule has 0 fully saturated rings. The maximum absolute atomic E-state index is 12.9. The summed E-state index contributed by atoms with van der Waals surface area (Å²) in [6.07, 6.45) is -2.67. The highest BCUT2D eigenvalue weighted by Gasteiger charge is 2.43. The van der Waals surface area contributed by atoms with Crippen molar-refractivity contribution in [3.8, 4) is 11.5 Å². The molecule has 0 unspecified atom stereocenters. The highest BCUT2D eigenvalue weighted by Crippen LogP contribution is 2.41. The molecule has 19 heavy (non-hydrogen) atoms. The lowest BCUT2D eigenvalue weighted by molar-refractivity contribution is -0.286. The van der Waals surface area contributed by atoms with Gasteiger partial charge in [-0.05, 0) is 41.9 Å². The SMILES string of the molecule is CC(C)C(Cc1ccc2c(c1)OC(F)(F)O2)C(C)C. The summed E-state index contributed by atoms with van der Waals surface area (Å²) < 4.78 is 34.8. The molecule has 0 N–H and O–H groups in total. The van der Waals surface area contributed by atoms with Crippen LogP contribution in [0.1, 0.15) is 33.3 Å². The Morgan fingerprint density at radius 1 is 1.00 bits per heavy atom. The topological polar surface area (TPSA) is 18.5 Å². The van der Waals surface area contributed by atoms with Gasteiger partial charge in [-0.3, -0.25) is 0 Å². The summed E-state index contributed by atoms with van der Waals surface area (Å²) in [4.78, 5) is 0. The summed E-state index contributed by atoms with van der Waals surface area (Å²) >= 11 is 0. The second-order valence-corrected chi connectivity index (χ2v) is 5.80. The van der Waals surface area contributed by atoms with Gasteiger partial charge in [0, 0.05) is 0 Å². The quantitative estimate of drug-likeness (QED) is 0.803.